The van der Waals surface area contributed by atoms with Gasteiger partial charge in [0, 0.05) is 12.0 Å². The van der Waals surface area contributed by atoms with E-state index in [0.29, 0.717) is 5.92 Å². The summed E-state index contributed by atoms with van der Waals surface area (Å²) in [6.45, 7) is 6.49. The topological polar surface area (TPSA) is 12.4 Å². The van der Waals surface area contributed by atoms with E-state index in [1.807, 2.05) is 7.05 Å². The van der Waals surface area contributed by atoms with Gasteiger partial charge in [0.05, 0.1) is 5.71 Å². The van der Waals surface area contributed by atoms with Gasteiger partial charge in [0.1, 0.15) is 0 Å². The summed E-state index contributed by atoms with van der Waals surface area (Å²) in [5, 5.41) is 2.16. The van der Waals surface area contributed by atoms with Gasteiger partial charge in [0.15, 0.2) is 0 Å². The minimum Gasteiger partial charge on any atom is -0.287 e. The number of allylic oxidation sites excluding steroid dienone is 3. The Labute approximate surface area is 78.7 Å². The molecule has 1 aliphatic heterocycles. The summed E-state index contributed by atoms with van der Waals surface area (Å²) in [6, 6.07) is 0. The quantitative estimate of drug-likeness (QED) is 0.605. The summed E-state index contributed by atoms with van der Waals surface area (Å²) >= 11 is 1.78. The fraction of sp³-hybridized carbons (Fsp3) is 0.500. The Morgan fingerprint density at radius 1 is 1.50 bits per heavy atom. The van der Waals surface area contributed by atoms with Gasteiger partial charge in [-0.25, -0.2) is 0 Å². The van der Waals surface area contributed by atoms with Gasteiger partial charge in [0.2, 0.25) is 0 Å². The largest absolute Gasteiger partial charge is 0.287 e. The predicted molar refractivity (Wildman–Crippen MR) is 57.6 cm³/mol. The van der Waals surface area contributed by atoms with Crippen molar-refractivity contribution in [3.05, 3.63) is 22.0 Å². The molecule has 66 valence electrons. The van der Waals surface area contributed by atoms with Crippen molar-refractivity contribution in [1.29, 1.82) is 0 Å². The molecule has 0 aliphatic carbocycles. The van der Waals surface area contributed by atoms with Gasteiger partial charge >= 0.3 is 0 Å². The molecule has 0 aromatic rings. The zero-order chi connectivity index (χ0) is 9.14. The first-order chi connectivity index (χ1) is 5.65. The van der Waals surface area contributed by atoms with Crippen molar-refractivity contribution in [2.75, 3.05) is 7.05 Å². The number of hydrogen-bond donors (Lipinski definition) is 0. The summed E-state index contributed by atoms with van der Waals surface area (Å²) in [7, 11) is 1.85. The first-order valence-corrected chi connectivity index (χ1v) is 5.06. The number of rotatable bonds is 1. The van der Waals surface area contributed by atoms with Gasteiger partial charge < -0.3 is 0 Å². The minimum atomic E-state index is 0.601. The van der Waals surface area contributed by atoms with Crippen LogP contribution in [0, 0.1) is 5.92 Å². The lowest BCUT2D eigenvalue weighted by Crippen LogP contribution is -1.97. The molecule has 0 radical (unpaired) electrons. The zero-order valence-electron chi connectivity index (χ0n) is 8.09. The fourth-order valence-electron chi connectivity index (χ4n) is 1.17. The summed E-state index contributed by atoms with van der Waals surface area (Å²) in [5.74, 6) is 0.601. The second-order valence-electron chi connectivity index (χ2n) is 3.27. The maximum absolute atomic E-state index is 4.26. The summed E-state index contributed by atoms with van der Waals surface area (Å²) in [5.41, 5.74) is 2.45. The third-order valence-corrected chi connectivity index (χ3v) is 2.73. The van der Waals surface area contributed by atoms with Gasteiger partial charge in [-0.1, -0.05) is 31.7 Å². The highest BCUT2D eigenvalue weighted by molar-refractivity contribution is 8.07. The van der Waals surface area contributed by atoms with E-state index >= 15 is 0 Å². The van der Waals surface area contributed by atoms with Crippen molar-refractivity contribution in [2.24, 2.45) is 10.9 Å². The lowest BCUT2D eigenvalue weighted by atomic mass is 10.1. The van der Waals surface area contributed by atoms with Crippen molar-refractivity contribution in [2.45, 2.75) is 20.8 Å². The van der Waals surface area contributed by atoms with Crippen LogP contribution in [0.4, 0.5) is 0 Å². The van der Waals surface area contributed by atoms with Crippen molar-refractivity contribution in [1.82, 2.24) is 0 Å². The van der Waals surface area contributed by atoms with Crippen molar-refractivity contribution in [3.63, 3.8) is 0 Å². The summed E-state index contributed by atoms with van der Waals surface area (Å²) in [6.07, 6.45) is 2.26. The molecule has 0 spiro atoms. The lowest BCUT2D eigenvalue weighted by Gasteiger charge is -2.02. The number of nitrogens with zero attached hydrogens (tertiary/aromatic N) is 1. The van der Waals surface area contributed by atoms with Crippen LogP contribution in [0.2, 0.25) is 0 Å². The van der Waals surface area contributed by atoms with Crippen LogP contribution >= 0.6 is 11.8 Å². The van der Waals surface area contributed by atoms with Crippen LogP contribution in [-0.4, -0.2) is 12.8 Å². The van der Waals surface area contributed by atoms with Gasteiger partial charge in [0.25, 0.3) is 0 Å². The molecule has 0 N–H and O–H groups in total. The predicted octanol–water partition coefficient (Wildman–Crippen LogP) is 3.25. The van der Waals surface area contributed by atoms with E-state index < -0.39 is 0 Å². The molecule has 0 aromatic heterocycles. The van der Waals surface area contributed by atoms with Crippen molar-refractivity contribution < 1.29 is 0 Å². The van der Waals surface area contributed by atoms with Crippen LogP contribution < -0.4 is 0 Å². The Balaban J connectivity index is 2.87. The Morgan fingerprint density at radius 3 is 2.67 bits per heavy atom. The van der Waals surface area contributed by atoms with Crippen LogP contribution in [0.15, 0.2) is 27.0 Å². The second kappa shape index (κ2) is 3.94. The SMILES string of the molecule is C/N=C1/C(C)=CS/C1=C\C(C)C. The van der Waals surface area contributed by atoms with E-state index in [2.05, 4.69) is 37.2 Å². The molecule has 0 saturated carbocycles. The Bertz CT molecular complexity index is 259. The summed E-state index contributed by atoms with van der Waals surface area (Å²) in [4.78, 5) is 5.57. The van der Waals surface area contributed by atoms with Crippen molar-refractivity contribution >= 4 is 17.5 Å². The average molecular weight is 181 g/mol. The molecule has 1 heterocycles. The smallest absolute Gasteiger partial charge is 0.0741 e. The van der Waals surface area contributed by atoms with E-state index in [9.17, 15) is 0 Å². The van der Waals surface area contributed by atoms with E-state index in [-0.39, 0.29) is 0 Å². The molecule has 1 nitrogen and oxygen atoms in total. The highest BCUT2D eigenvalue weighted by atomic mass is 32.2. The molecule has 0 saturated heterocycles. The normalized spacial score (nSPS) is 24.2. The third-order valence-electron chi connectivity index (χ3n) is 1.68. The van der Waals surface area contributed by atoms with Crippen LogP contribution in [0.3, 0.4) is 0 Å². The van der Waals surface area contributed by atoms with Gasteiger partial charge in [-0.2, -0.15) is 0 Å². The maximum atomic E-state index is 4.26. The molecule has 0 fully saturated rings. The lowest BCUT2D eigenvalue weighted by molar-refractivity contribution is 0.831. The summed E-state index contributed by atoms with van der Waals surface area (Å²) < 4.78 is 0. The highest BCUT2D eigenvalue weighted by Gasteiger charge is 2.15. The first-order valence-electron chi connectivity index (χ1n) is 4.18. The number of aliphatic imine (C=N–C) groups is 1. The van der Waals surface area contributed by atoms with Gasteiger partial charge in [-0.15, -0.1) is 0 Å². The van der Waals surface area contributed by atoms with Gasteiger partial charge in [-0.05, 0) is 23.8 Å². The molecule has 0 bridgehead atoms. The third kappa shape index (κ3) is 2.01. The molecule has 1 aliphatic rings. The molecule has 1 rings (SSSR count). The number of hydrogen-bond acceptors (Lipinski definition) is 2. The second-order valence-corrected chi connectivity index (χ2v) is 4.18. The molecule has 12 heavy (non-hydrogen) atoms. The molecule has 0 unspecified atom stereocenters. The average Bonchev–Trinajstić information content (AvgIpc) is 2.30. The highest BCUT2D eigenvalue weighted by Crippen LogP contribution is 2.32. The molecular weight excluding hydrogens is 166 g/mol. The maximum Gasteiger partial charge on any atom is 0.0741 e. The Kier molecular flexibility index (Phi) is 3.15. The minimum absolute atomic E-state index is 0.601. The molecule has 0 atom stereocenters. The van der Waals surface area contributed by atoms with E-state index in [4.69, 9.17) is 0 Å². The van der Waals surface area contributed by atoms with Gasteiger partial charge in [-0.3, -0.25) is 4.99 Å². The zero-order valence-corrected chi connectivity index (χ0v) is 8.90. The van der Waals surface area contributed by atoms with Crippen LogP contribution in [-0.2, 0) is 0 Å². The molecule has 2 heteroatoms. The number of thioether (sulfide) groups is 1. The Morgan fingerprint density at radius 2 is 2.17 bits per heavy atom. The monoisotopic (exact) mass is 181 g/mol. The van der Waals surface area contributed by atoms with E-state index in [0.717, 1.165) is 5.71 Å². The van der Waals surface area contributed by atoms with E-state index in [1.54, 1.807) is 11.8 Å². The first kappa shape index (κ1) is 9.59. The molecule has 0 amide bonds. The molecular formula is C10H15NS. The van der Waals surface area contributed by atoms with Crippen LogP contribution in [0.25, 0.3) is 0 Å². The Hall–Kier alpha value is -0.500. The van der Waals surface area contributed by atoms with Crippen LogP contribution in [0.5, 0.6) is 0 Å². The molecule has 0 aromatic carbocycles. The standard InChI is InChI=1S/C10H15NS/c1-7(2)5-9-10(11-4)8(3)6-12-9/h5-7H,1-4H3/b9-5-,11-10-. The fourth-order valence-corrected chi connectivity index (χ4v) is 2.30. The van der Waals surface area contributed by atoms with E-state index in [1.165, 1.54) is 10.5 Å². The van der Waals surface area contributed by atoms with Crippen LogP contribution in [0.1, 0.15) is 20.8 Å². The van der Waals surface area contributed by atoms with Crippen molar-refractivity contribution in [3.8, 4) is 0 Å².